The number of thiophene rings is 1. The number of rotatable bonds is 5. The van der Waals surface area contributed by atoms with E-state index < -0.39 is 12.1 Å². The van der Waals surface area contributed by atoms with Gasteiger partial charge in [0.2, 0.25) is 0 Å². The fraction of sp³-hybridized carbons (Fsp3) is 0.478. The van der Waals surface area contributed by atoms with Crippen LogP contribution in [-0.2, 0) is 4.79 Å². The van der Waals surface area contributed by atoms with Gasteiger partial charge in [-0.2, -0.15) is 0 Å². The Morgan fingerprint density at radius 1 is 1.03 bits per heavy atom. The highest BCUT2D eigenvalue weighted by Gasteiger charge is 2.33. The van der Waals surface area contributed by atoms with E-state index in [2.05, 4.69) is 27.5 Å². The Hall–Kier alpha value is -2.13. The van der Waals surface area contributed by atoms with E-state index in [0.717, 1.165) is 57.0 Å². The molecule has 3 amide bonds. The van der Waals surface area contributed by atoms with Crippen LogP contribution in [0.3, 0.4) is 0 Å². The van der Waals surface area contributed by atoms with Crippen LogP contribution in [0.1, 0.15) is 23.8 Å². The summed E-state index contributed by atoms with van der Waals surface area (Å²) in [5.41, 5.74) is 0.622. The van der Waals surface area contributed by atoms with Gasteiger partial charge in [-0.3, -0.25) is 9.69 Å². The first-order chi connectivity index (χ1) is 15.5. The molecule has 0 radical (unpaired) electrons. The number of amides is 3. The zero-order valence-electron chi connectivity index (χ0n) is 18.3. The van der Waals surface area contributed by atoms with Crippen LogP contribution in [0, 0.1) is 0 Å². The molecule has 1 aromatic carbocycles. The van der Waals surface area contributed by atoms with Crippen molar-refractivity contribution in [3.63, 3.8) is 0 Å². The first-order valence-electron chi connectivity index (χ1n) is 11.1. The summed E-state index contributed by atoms with van der Waals surface area (Å²) in [6.07, 6.45) is 1.95. The predicted molar refractivity (Wildman–Crippen MR) is 129 cm³/mol. The molecule has 2 fully saturated rings. The lowest BCUT2D eigenvalue weighted by atomic mass is 10.0. The number of likely N-dealkylation sites (N-methyl/N-ethyl adjacent to an activating group) is 1. The van der Waals surface area contributed by atoms with Crippen LogP contribution in [0.2, 0.25) is 5.02 Å². The number of benzene rings is 1. The Kier molecular flexibility index (Phi) is 7.67. The Labute approximate surface area is 198 Å². The number of carbonyl (C=O) groups is 2. The number of halogens is 1. The van der Waals surface area contributed by atoms with E-state index in [9.17, 15) is 9.59 Å². The van der Waals surface area contributed by atoms with Gasteiger partial charge in [0.05, 0.1) is 0 Å². The Morgan fingerprint density at radius 3 is 2.34 bits per heavy atom. The smallest absolute Gasteiger partial charge is 0.320 e. The quantitative estimate of drug-likeness (QED) is 0.694. The zero-order valence-corrected chi connectivity index (χ0v) is 19.9. The van der Waals surface area contributed by atoms with Crippen LogP contribution in [0.15, 0.2) is 41.8 Å². The molecule has 1 unspecified atom stereocenters. The second-order valence-corrected chi connectivity index (χ2v) is 9.87. The minimum absolute atomic E-state index is 0.0458. The maximum absolute atomic E-state index is 13.4. The second-order valence-electron chi connectivity index (χ2n) is 8.45. The standard InChI is InChI=1S/C23H30ClN5O2S/c1-27-12-14-28(15-13-27)19-8-10-29(11-9-19)22(30)21(20-3-2-16-32-20)26-23(31)25-18-6-4-17(24)5-7-18/h2-7,16,19,21H,8-15H2,1H3,(H2,25,26,31). The molecular formula is C23H30ClN5O2S. The zero-order chi connectivity index (χ0) is 22.5. The lowest BCUT2D eigenvalue weighted by molar-refractivity contribution is -0.135. The molecule has 7 nitrogen and oxygen atoms in total. The molecule has 2 saturated heterocycles. The molecule has 3 heterocycles. The largest absolute Gasteiger partial charge is 0.340 e. The summed E-state index contributed by atoms with van der Waals surface area (Å²) in [5.74, 6) is -0.0458. The van der Waals surface area contributed by atoms with E-state index in [1.54, 1.807) is 24.3 Å². The van der Waals surface area contributed by atoms with Gasteiger partial charge in [-0.15, -0.1) is 11.3 Å². The number of nitrogens with one attached hydrogen (secondary N) is 2. The van der Waals surface area contributed by atoms with Crippen molar-refractivity contribution >= 4 is 40.6 Å². The summed E-state index contributed by atoms with van der Waals surface area (Å²) in [6, 6.07) is 10.1. The average molecular weight is 476 g/mol. The third-order valence-corrected chi connectivity index (χ3v) is 7.47. The van der Waals surface area contributed by atoms with Gasteiger partial charge in [0.15, 0.2) is 0 Å². The Morgan fingerprint density at radius 2 is 1.72 bits per heavy atom. The van der Waals surface area contributed by atoms with E-state index in [1.165, 1.54) is 11.3 Å². The summed E-state index contributed by atoms with van der Waals surface area (Å²) >= 11 is 7.39. The highest BCUT2D eigenvalue weighted by atomic mass is 35.5. The maximum atomic E-state index is 13.4. The Bertz CT molecular complexity index is 892. The average Bonchev–Trinajstić information content (AvgIpc) is 3.34. The molecule has 0 bridgehead atoms. The molecular weight excluding hydrogens is 446 g/mol. The summed E-state index contributed by atoms with van der Waals surface area (Å²) in [4.78, 5) is 33.7. The van der Waals surface area contributed by atoms with Crippen molar-refractivity contribution in [2.45, 2.75) is 24.9 Å². The monoisotopic (exact) mass is 475 g/mol. The third-order valence-electron chi connectivity index (χ3n) is 6.28. The number of carbonyl (C=O) groups excluding carboxylic acids is 2. The fourth-order valence-electron chi connectivity index (χ4n) is 4.36. The molecule has 1 atom stereocenters. The maximum Gasteiger partial charge on any atom is 0.320 e. The second kappa shape index (κ2) is 10.7. The number of nitrogens with zero attached hydrogens (tertiary/aromatic N) is 3. The minimum Gasteiger partial charge on any atom is -0.340 e. The summed E-state index contributed by atoms with van der Waals surface area (Å²) < 4.78 is 0. The first kappa shape index (κ1) is 23.0. The van der Waals surface area contributed by atoms with Gasteiger partial charge >= 0.3 is 6.03 Å². The molecule has 9 heteroatoms. The van der Waals surface area contributed by atoms with Crippen molar-refractivity contribution in [3.05, 3.63) is 51.7 Å². The van der Waals surface area contributed by atoms with Gasteiger partial charge in [-0.1, -0.05) is 17.7 Å². The van der Waals surface area contributed by atoms with E-state index in [0.29, 0.717) is 16.8 Å². The molecule has 1 aromatic heterocycles. The molecule has 0 aliphatic carbocycles. The van der Waals surface area contributed by atoms with Crippen molar-refractivity contribution in [2.24, 2.45) is 0 Å². The van der Waals surface area contributed by atoms with Crippen LogP contribution in [-0.4, -0.2) is 79.0 Å². The van der Waals surface area contributed by atoms with Crippen molar-refractivity contribution in [1.82, 2.24) is 20.0 Å². The van der Waals surface area contributed by atoms with Crippen molar-refractivity contribution in [3.8, 4) is 0 Å². The van der Waals surface area contributed by atoms with Crippen molar-refractivity contribution < 1.29 is 9.59 Å². The molecule has 0 saturated carbocycles. The third kappa shape index (κ3) is 5.81. The molecule has 0 spiro atoms. The van der Waals surface area contributed by atoms with Crippen LogP contribution < -0.4 is 10.6 Å². The number of anilines is 1. The lowest BCUT2D eigenvalue weighted by Gasteiger charge is -2.42. The van der Waals surface area contributed by atoms with Crippen LogP contribution in [0.5, 0.6) is 0 Å². The minimum atomic E-state index is -0.692. The molecule has 172 valence electrons. The highest BCUT2D eigenvalue weighted by Crippen LogP contribution is 2.25. The Balaban J connectivity index is 1.36. The van der Waals surface area contributed by atoms with Gasteiger partial charge in [-0.25, -0.2) is 4.79 Å². The molecule has 2 aliphatic rings. The van der Waals surface area contributed by atoms with Crippen LogP contribution >= 0.6 is 22.9 Å². The topological polar surface area (TPSA) is 67.9 Å². The molecule has 2 N–H and O–H groups in total. The summed E-state index contributed by atoms with van der Waals surface area (Å²) in [7, 11) is 2.17. The van der Waals surface area contributed by atoms with Gasteiger partial charge in [0, 0.05) is 60.9 Å². The van der Waals surface area contributed by atoms with Crippen LogP contribution in [0.4, 0.5) is 10.5 Å². The molecule has 32 heavy (non-hydrogen) atoms. The number of urea groups is 1. The number of piperidine rings is 1. The highest BCUT2D eigenvalue weighted by molar-refractivity contribution is 7.10. The van der Waals surface area contributed by atoms with E-state index in [1.807, 2.05) is 22.4 Å². The van der Waals surface area contributed by atoms with Gasteiger partial charge in [-0.05, 0) is 55.6 Å². The lowest BCUT2D eigenvalue weighted by Crippen LogP contribution is -2.54. The number of hydrogen-bond donors (Lipinski definition) is 2. The molecule has 4 rings (SSSR count). The number of piperazine rings is 1. The molecule has 2 aliphatic heterocycles. The van der Waals surface area contributed by atoms with Crippen LogP contribution in [0.25, 0.3) is 0 Å². The normalized spacial score (nSPS) is 19.5. The number of likely N-dealkylation sites (tertiary alicyclic amines) is 1. The predicted octanol–water partition coefficient (Wildman–Crippen LogP) is 3.50. The van der Waals surface area contributed by atoms with Crippen molar-refractivity contribution in [2.75, 3.05) is 51.6 Å². The van der Waals surface area contributed by atoms with E-state index in [-0.39, 0.29) is 5.91 Å². The molecule has 2 aromatic rings. The van der Waals surface area contributed by atoms with Gasteiger partial charge in [0.25, 0.3) is 5.91 Å². The number of hydrogen-bond acceptors (Lipinski definition) is 5. The summed E-state index contributed by atoms with van der Waals surface area (Å²) in [6.45, 7) is 5.84. The fourth-order valence-corrected chi connectivity index (χ4v) is 5.26. The van der Waals surface area contributed by atoms with Gasteiger partial charge in [0.1, 0.15) is 6.04 Å². The first-order valence-corrected chi connectivity index (χ1v) is 12.3. The summed E-state index contributed by atoms with van der Waals surface area (Å²) in [5, 5.41) is 8.19. The van der Waals surface area contributed by atoms with Gasteiger partial charge < -0.3 is 20.4 Å². The van der Waals surface area contributed by atoms with Crippen molar-refractivity contribution in [1.29, 1.82) is 0 Å². The van der Waals surface area contributed by atoms with E-state index in [4.69, 9.17) is 11.6 Å². The SMILES string of the molecule is CN1CCN(C2CCN(C(=O)C(NC(=O)Nc3ccc(Cl)cc3)c3cccs3)CC2)CC1. The van der Waals surface area contributed by atoms with E-state index >= 15 is 0 Å².